The predicted octanol–water partition coefficient (Wildman–Crippen LogP) is 3.59. The molecule has 4 rings (SSSR count). The Hall–Kier alpha value is -3.53. The molecule has 3 amide bonds. The average molecular weight is 497 g/mol. The molecule has 2 aromatic rings. The molecule has 10 heteroatoms. The molecule has 2 aromatic carbocycles. The highest BCUT2D eigenvalue weighted by Crippen LogP contribution is 2.25. The van der Waals surface area contributed by atoms with E-state index >= 15 is 0 Å². The highest BCUT2D eigenvalue weighted by atomic mass is 32.2. The van der Waals surface area contributed by atoms with Gasteiger partial charge in [0.2, 0.25) is 0 Å². The van der Waals surface area contributed by atoms with Crippen LogP contribution in [0, 0.1) is 0 Å². The van der Waals surface area contributed by atoms with Crippen LogP contribution in [0.2, 0.25) is 0 Å². The predicted molar refractivity (Wildman–Crippen MR) is 132 cm³/mol. The molecule has 0 aromatic heterocycles. The minimum absolute atomic E-state index is 0.00328. The fraction of sp³-hybridized carbons (Fsp3) is 0.360. The summed E-state index contributed by atoms with van der Waals surface area (Å²) < 4.78 is 28.2. The van der Waals surface area contributed by atoms with E-state index in [9.17, 15) is 22.8 Å². The molecule has 0 spiro atoms. The first-order valence-corrected chi connectivity index (χ1v) is 13.3. The van der Waals surface area contributed by atoms with Crippen molar-refractivity contribution in [2.45, 2.75) is 50.3 Å². The first kappa shape index (κ1) is 24.6. The van der Waals surface area contributed by atoms with E-state index in [-0.39, 0.29) is 33.2 Å². The lowest BCUT2D eigenvalue weighted by atomic mass is 10.1. The second kappa shape index (κ2) is 10.4. The van der Waals surface area contributed by atoms with Gasteiger partial charge in [-0.1, -0.05) is 25.8 Å². The molecule has 0 saturated carbocycles. The summed E-state index contributed by atoms with van der Waals surface area (Å²) in [6.07, 6.45) is 4.95. The maximum Gasteiger partial charge on any atom is 0.262 e. The van der Waals surface area contributed by atoms with Gasteiger partial charge >= 0.3 is 0 Å². The van der Waals surface area contributed by atoms with Gasteiger partial charge in [-0.3, -0.25) is 29.0 Å². The van der Waals surface area contributed by atoms with Gasteiger partial charge in [-0.25, -0.2) is 8.42 Å². The lowest BCUT2D eigenvalue weighted by Gasteiger charge is -2.12. The van der Waals surface area contributed by atoms with Crippen molar-refractivity contribution in [3.8, 4) is 0 Å². The number of imide groups is 1. The van der Waals surface area contributed by atoms with Crippen molar-refractivity contribution < 1.29 is 22.8 Å². The largest absolute Gasteiger partial charge is 0.322 e. The first-order valence-electron chi connectivity index (χ1n) is 11.8. The number of unbranched alkanes of at least 4 members (excludes halogenated alkanes) is 1. The van der Waals surface area contributed by atoms with Crippen molar-refractivity contribution in [3.63, 3.8) is 0 Å². The summed E-state index contributed by atoms with van der Waals surface area (Å²) >= 11 is 0. The van der Waals surface area contributed by atoms with Crippen LogP contribution in [0.15, 0.2) is 52.4 Å². The molecule has 2 aliphatic rings. The van der Waals surface area contributed by atoms with Crippen LogP contribution in [-0.4, -0.2) is 50.0 Å². The van der Waals surface area contributed by atoms with Gasteiger partial charge in [0, 0.05) is 30.8 Å². The van der Waals surface area contributed by atoms with Crippen molar-refractivity contribution >= 4 is 39.3 Å². The molecule has 0 fully saturated rings. The highest BCUT2D eigenvalue weighted by Gasteiger charge is 2.35. The van der Waals surface area contributed by atoms with Crippen molar-refractivity contribution in [2.24, 2.45) is 4.99 Å². The van der Waals surface area contributed by atoms with Crippen LogP contribution >= 0.6 is 0 Å². The normalized spacial score (nSPS) is 15.9. The quantitative estimate of drug-likeness (QED) is 0.567. The highest BCUT2D eigenvalue weighted by molar-refractivity contribution is 7.90. The molecule has 2 N–H and O–H groups in total. The topological polar surface area (TPSA) is 125 Å². The maximum atomic E-state index is 12.9. The van der Waals surface area contributed by atoms with E-state index in [1.807, 2.05) is 6.92 Å². The van der Waals surface area contributed by atoms with Crippen molar-refractivity contribution in [3.05, 3.63) is 59.2 Å². The summed E-state index contributed by atoms with van der Waals surface area (Å²) in [6.45, 7) is 2.91. The Morgan fingerprint density at radius 2 is 1.83 bits per heavy atom. The van der Waals surface area contributed by atoms with Crippen LogP contribution in [0.5, 0.6) is 0 Å². The number of hydrogen-bond donors (Lipinski definition) is 2. The van der Waals surface area contributed by atoms with Crippen molar-refractivity contribution in [2.75, 3.05) is 18.4 Å². The zero-order valence-corrected chi connectivity index (χ0v) is 20.4. The number of hydrogen-bond acceptors (Lipinski definition) is 6. The first-order chi connectivity index (χ1) is 16.8. The fourth-order valence-corrected chi connectivity index (χ4v) is 5.20. The number of nitrogens with zero attached hydrogens (tertiary/aromatic N) is 2. The number of anilines is 1. The monoisotopic (exact) mass is 496 g/mol. The van der Waals surface area contributed by atoms with Crippen LogP contribution in [0.3, 0.4) is 0 Å². The lowest BCUT2D eigenvalue weighted by Crippen LogP contribution is -2.30. The molecule has 0 radical (unpaired) electrons. The Morgan fingerprint density at radius 3 is 2.63 bits per heavy atom. The number of carbonyl (C=O) groups excluding carboxylic acids is 3. The van der Waals surface area contributed by atoms with E-state index < -0.39 is 21.8 Å². The summed E-state index contributed by atoms with van der Waals surface area (Å²) in [5.41, 5.74) is 0.960. The van der Waals surface area contributed by atoms with Gasteiger partial charge in [-0.2, -0.15) is 0 Å². The average Bonchev–Trinajstić information content (AvgIpc) is 3.00. The minimum atomic E-state index is -3.85. The Morgan fingerprint density at radius 1 is 1.03 bits per heavy atom. The van der Waals surface area contributed by atoms with E-state index in [1.54, 1.807) is 6.07 Å². The zero-order valence-electron chi connectivity index (χ0n) is 19.5. The van der Waals surface area contributed by atoms with E-state index in [1.165, 1.54) is 41.3 Å². The standard InChI is InChI=1S/C25H28N4O5S/c1-2-3-14-29-24(31)20-12-11-17(15-21(20)25(29)32)23(30)27-18-8-7-9-19(16-18)35(33,34)28-22-10-5-4-6-13-26-22/h7-9,11-12,15-16H,2-6,10,13-14H2,1H3,(H,26,28)(H,27,30). The van der Waals surface area contributed by atoms with Crippen LogP contribution in [0.4, 0.5) is 5.69 Å². The molecule has 35 heavy (non-hydrogen) atoms. The third-order valence-electron chi connectivity index (χ3n) is 6.00. The van der Waals surface area contributed by atoms with Crippen molar-refractivity contribution in [1.82, 2.24) is 9.62 Å². The van der Waals surface area contributed by atoms with Gasteiger partial charge in [0.1, 0.15) is 5.84 Å². The summed E-state index contributed by atoms with van der Waals surface area (Å²) in [4.78, 5) is 43.6. The molecule has 0 unspecified atom stereocenters. The Labute approximate surface area is 204 Å². The number of carbonyl (C=O) groups is 3. The molecule has 2 aliphatic heterocycles. The molecule has 0 saturated heterocycles. The van der Waals surface area contributed by atoms with Crippen LogP contribution in [0.1, 0.15) is 76.5 Å². The number of amides is 3. The number of sulfonamides is 1. The Balaban J connectivity index is 1.49. The molecule has 0 bridgehead atoms. The molecule has 2 heterocycles. The third kappa shape index (κ3) is 5.43. The van der Waals surface area contributed by atoms with Gasteiger partial charge in [0.25, 0.3) is 27.7 Å². The second-order valence-electron chi connectivity index (χ2n) is 8.60. The fourth-order valence-electron chi connectivity index (χ4n) is 4.07. The number of aliphatic imine (C=N–C) groups is 1. The molecule has 184 valence electrons. The van der Waals surface area contributed by atoms with Crippen LogP contribution in [0.25, 0.3) is 0 Å². The van der Waals surface area contributed by atoms with Gasteiger partial charge in [-0.15, -0.1) is 0 Å². The summed E-state index contributed by atoms with van der Waals surface area (Å²) in [6, 6.07) is 10.3. The van der Waals surface area contributed by atoms with Gasteiger partial charge < -0.3 is 5.32 Å². The lowest BCUT2D eigenvalue weighted by molar-refractivity contribution is 0.0652. The Bertz CT molecular complexity index is 1300. The molecular formula is C25H28N4O5S. The summed E-state index contributed by atoms with van der Waals surface area (Å²) in [5, 5.41) is 2.68. The molecule has 9 nitrogen and oxygen atoms in total. The van der Waals surface area contributed by atoms with E-state index in [0.29, 0.717) is 31.8 Å². The number of benzene rings is 2. The number of nitrogens with one attached hydrogen (secondary N) is 2. The number of rotatable bonds is 7. The maximum absolute atomic E-state index is 12.9. The number of amidine groups is 1. The van der Waals surface area contributed by atoms with Crippen molar-refractivity contribution in [1.29, 1.82) is 0 Å². The van der Waals surface area contributed by atoms with Gasteiger partial charge in [0.15, 0.2) is 0 Å². The van der Waals surface area contributed by atoms with E-state index in [4.69, 9.17) is 0 Å². The molecular weight excluding hydrogens is 468 g/mol. The van der Waals surface area contributed by atoms with Crippen LogP contribution < -0.4 is 10.0 Å². The smallest absolute Gasteiger partial charge is 0.262 e. The summed E-state index contributed by atoms with van der Waals surface area (Å²) in [5.74, 6) is -0.833. The number of fused-ring (bicyclic) bond motifs is 1. The summed E-state index contributed by atoms with van der Waals surface area (Å²) in [7, 11) is -3.85. The van der Waals surface area contributed by atoms with Crippen LogP contribution in [-0.2, 0) is 10.0 Å². The van der Waals surface area contributed by atoms with Gasteiger partial charge in [-0.05, 0) is 55.7 Å². The second-order valence-corrected chi connectivity index (χ2v) is 10.3. The van der Waals surface area contributed by atoms with Gasteiger partial charge in [0.05, 0.1) is 16.0 Å². The minimum Gasteiger partial charge on any atom is -0.322 e. The zero-order chi connectivity index (χ0) is 25.0. The van der Waals surface area contributed by atoms with E-state index in [2.05, 4.69) is 15.0 Å². The SMILES string of the molecule is CCCCN1C(=O)c2ccc(C(=O)Nc3cccc(S(=O)(=O)NC4=NCCCCC4)c3)cc2C1=O. The Kier molecular flexibility index (Phi) is 7.30. The molecule has 0 atom stereocenters. The molecule has 0 aliphatic carbocycles. The van der Waals surface area contributed by atoms with E-state index in [0.717, 1.165) is 25.7 Å². The third-order valence-corrected chi connectivity index (χ3v) is 7.38.